The zero-order valence-corrected chi connectivity index (χ0v) is 4.33. The van der Waals surface area contributed by atoms with E-state index in [9.17, 15) is 0 Å². The van der Waals surface area contributed by atoms with Crippen LogP contribution in [0.2, 0.25) is 0 Å². The molecular weight excluding hydrogens is 110 g/mol. The van der Waals surface area contributed by atoms with Crippen LogP contribution in [-0.4, -0.2) is 16.0 Å². The molecule has 1 radical (unpaired) electrons. The third-order valence-corrected chi connectivity index (χ3v) is 0. The van der Waals surface area contributed by atoms with Crippen molar-refractivity contribution in [2.24, 2.45) is 0 Å². The topological polar surface area (TPSA) is 0 Å². The van der Waals surface area contributed by atoms with Crippen molar-refractivity contribution in [1.29, 1.82) is 0 Å². The normalized spacial score (nSPS) is 3.00. The first-order chi connectivity index (χ1) is 1.41. The van der Waals surface area contributed by atoms with Gasteiger partial charge in [-0.2, -0.15) is 0 Å². The second-order valence-electron chi connectivity index (χ2n) is 0.144. The average Bonchev–Trinajstić information content (AvgIpc) is 0.918. The monoisotopic (exact) mass is 113 g/mol. The van der Waals surface area contributed by atoms with Crippen molar-refractivity contribution in [3.8, 4) is 0 Å². The van der Waals surface area contributed by atoms with E-state index in [0.717, 1.165) is 0 Å². The third-order valence-electron chi connectivity index (χ3n) is 0. The van der Waals surface area contributed by atoms with E-state index in [1.54, 1.807) is 0 Å². The van der Waals surface area contributed by atoms with E-state index in [4.69, 9.17) is 0 Å². The molecule has 0 aromatic rings. The summed E-state index contributed by atoms with van der Waals surface area (Å²) in [6.45, 7) is 3.18. The molecule has 0 aromatic carbocycles. The molecular formula is C2H2LiSe. The van der Waals surface area contributed by atoms with Gasteiger partial charge in [-0.1, -0.05) is 0 Å². The minimum Gasteiger partial charge on any atom is 1.00 e. The smallest absolute Gasteiger partial charge is 1.00 e. The molecule has 0 atom stereocenters. The Morgan fingerprint density at radius 2 is 1.75 bits per heavy atom. The second-order valence-corrected chi connectivity index (χ2v) is 0.750. The van der Waals surface area contributed by atoms with E-state index < -0.39 is 0 Å². The van der Waals surface area contributed by atoms with Crippen molar-refractivity contribution in [3.63, 3.8) is 0 Å². The predicted octanol–water partition coefficient (Wildman–Crippen LogP) is -2.89. The predicted molar refractivity (Wildman–Crippen MR) is 14.6 cm³/mol. The van der Waals surface area contributed by atoms with Crippen LogP contribution < -0.4 is 18.9 Å². The van der Waals surface area contributed by atoms with Crippen LogP contribution in [0.15, 0.2) is 6.58 Å². The van der Waals surface area contributed by atoms with Gasteiger partial charge in [0.2, 0.25) is 0 Å². The fourth-order valence-electron chi connectivity index (χ4n) is 0. The third kappa shape index (κ3) is 13.4. The quantitative estimate of drug-likeness (QED) is 0.233. The largest absolute Gasteiger partial charge is 1.00 e. The molecule has 0 bridgehead atoms. The van der Waals surface area contributed by atoms with Crippen LogP contribution >= 0.6 is 0 Å². The first-order valence-corrected chi connectivity index (χ1v) is 1.41. The van der Waals surface area contributed by atoms with Crippen molar-refractivity contribution in [1.82, 2.24) is 0 Å². The molecule has 0 aliphatic carbocycles. The fraction of sp³-hybridized carbons (Fsp3) is 0. The summed E-state index contributed by atoms with van der Waals surface area (Å²) >= 11 is 2.44. The molecule has 0 fully saturated rings. The molecule has 0 aliphatic heterocycles. The molecule has 4 heavy (non-hydrogen) atoms. The molecule has 0 rings (SSSR count). The van der Waals surface area contributed by atoms with Crippen LogP contribution in [-0.2, 0) is 0 Å². The van der Waals surface area contributed by atoms with Gasteiger partial charge in [-0.15, -0.1) is 0 Å². The summed E-state index contributed by atoms with van der Waals surface area (Å²) < 4.78 is 0. The maximum atomic E-state index is 3.18. The second kappa shape index (κ2) is 9.13. The minimum atomic E-state index is 0. The summed E-state index contributed by atoms with van der Waals surface area (Å²) in [6.07, 6.45) is 0. The van der Waals surface area contributed by atoms with Crippen molar-refractivity contribution in [2.45, 2.75) is 0 Å². The summed E-state index contributed by atoms with van der Waals surface area (Å²) in [4.78, 5) is 2.38. The zero-order chi connectivity index (χ0) is 2.71. The van der Waals surface area contributed by atoms with Gasteiger partial charge in [-0.25, -0.2) is 0 Å². The van der Waals surface area contributed by atoms with Gasteiger partial charge in [0.05, 0.1) is 0 Å². The molecule has 0 saturated carbocycles. The Hall–Kier alpha value is 0.857. The zero-order valence-electron chi connectivity index (χ0n) is 2.62. The molecule has 0 nitrogen and oxygen atoms in total. The van der Waals surface area contributed by atoms with Crippen LogP contribution in [0.4, 0.5) is 0 Å². The Labute approximate surface area is 46.6 Å². The van der Waals surface area contributed by atoms with Crippen molar-refractivity contribution in [2.75, 3.05) is 0 Å². The first kappa shape index (κ1) is 8.85. The molecule has 0 spiro atoms. The van der Waals surface area contributed by atoms with Gasteiger partial charge in [-0.05, 0) is 0 Å². The van der Waals surface area contributed by atoms with Crippen LogP contribution in [0.5, 0.6) is 0 Å². The average molecular weight is 112 g/mol. The molecule has 0 N–H and O–H groups in total. The molecule has 0 unspecified atom stereocenters. The Balaban J connectivity index is 0. The van der Waals surface area contributed by atoms with Gasteiger partial charge in [0.1, 0.15) is 0 Å². The van der Waals surface area contributed by atoms with Crippen LogP contribution in [0, 0.1) is 4.97 Å². The maximum Gasteiger partial charge on any atom is 1.00 e. The van der Waals surface area contributed by atoms with Gasteiger partial charge in [0, 0.05) is 0 Å². The Morgan fingerprint density at radius 1 is 1.75 bits per heavy atom. The molecule has 0 amide bonds. The van der Waals surface area contributed by atoms with Crippen molar-refractivity contribution in [3.05, 3.63) is 11.6 Å². The van der Waals surface area contributed by atoms with Gasteiger partial charge in [0.25, 0.3) is 0 Å². The van der Waals surface area contributed by atoms with Crippen LogP contribution in [0.25, 0.3) is 0 Å². The summed E-state index contributed by atoms with van der Waals surface area (Å²) in [5, 5.41) is 0. The van der Waals surface area contributed by atoms with Crippen molar-refractivity contribution >= 4 is 16.0 Å². The Morgan fingerprint density at radius 3 is 1.75 bits per heavy atom. The van der Waals surface area contributed by atoms with Gasteiger partial charge in [-0.3, -0.25) is 0 Å². The Kier molecular flexibility index (Phi) is 20.2. The Bertz CT molecular complexity index is 13.5. The van der Waals surface area contributed by atoms with E-state index in [0.29, 0.717) is 0 Å². The SMILES string of the molecule is C=[C-][Se].[Li+]. The minimum absolute atomic E-state index is 0. The molecule has 0 aromatic heterocycles. The number of hydrogen-bond donors (Lipinski definition) is 0. The maximum absolute atomic E-state index is 3.18. The van der Waals surface area contributed by atoms with Crippen LogP contribution in [0.3, 0.4) is 0 Å². The van der Waals surface area contributed by atoms with Gasteiger partial charge in [0.15, 0.2) is 0 Å². The van der Waals surface area contributed by atoms with E-state index >= 15 is 0 Å². The summed E-state index contributed by atoms with van der Waals surface area (Å²) in [5.74, 6) is 0. The van der Waals surface area contributed by atoms with Gasteiger partial charge >= 0.3 is 46.4 Å². The molecule has 17 valence electrons. The summed E-state index contributed by atoms with van der Waals surface area (Å²) in [6, 6.07) is 0. The molecule has 0 aliphatic rings. The molecule has 0 saturated heterocycles. The number of hydrogen-bond acceptors (Lipinski definition) is 0. The van der Waals surface area contributed by atoms with E-state index in [1.807, 2.05) is 0 Å². The van der Waals surface area contributed by atoms with E-state index in [-0.39, 0.29) is 18.9 Å². The van der Waals surface area contributed by atoms with E-state index in [2.05, 4.69) is 27.6 Å². The first-order valence-electron chi connectivity index (χ1n) is 0.558. The van der Waals surface area contributed by atoms with Crippen molar-refractivity contribution < 1.29 is 18.9 Å². The van der Waals surface area contributed by atoms with Gasteiger partial charge < -0.3 is 0 Å². The standard InChI is InChI=1S/C2H2Se.Li/c1-2-3;/h1H2;/q-1;+1. The molecule has 2 heteroatoms. The summed E-state index contributed by atoms with van der Waals surface area (Å²) in [7, 11) is 0. The fourth-order valence-corrected chi connectivity index (χ4v) is 0. The summed E-state index contributed by atoms with van der Waals surface area (Å²) in [5.41, 5.74) is 0. The number of rotatable bonds is 0. The van der Waals surface area contributed by atoms with Crippen LogP contribution in [0.1, 0.15) is 0 Å². The van der Waals surface area contributed by atoms with E-state index in [1.165, 1.54) is 0 Å². The molecule has 0 heterocycles.